The van der Waals surface area contributed by atoms with Crippen molar-refractivity contribution < 1.29 is 14.3 Å². The van der Waals surface area contributed by atoms with E-state index in [1.165, 1.54) is 17.6 Å². The monoisotopic (exact) mass is 290 g/mol. The first-order chi connectivity index (χ1) is 9.54. The van der Waals surface area contributed by atoms with E-state index >= 15 is 0 Å². The number of carboxylic acid groups (broad SMARTS) is 1. The first-order valence-electron chi connectivity index (χ1n) is 6.31. The molecule has 1 N–H and O–H groups in total. The number of aromatic carboxylic acids is 1. The van der Waals surface area contributed by atoms with Crippen molar-refractivity contribution in [3.63, 3.8) is 0 Å². The topological polar surface area (TPSA) is 67.7 Å². The van der Waals surface area contributed by atoms with Crippen LogP contribution in [-0.4, -0.2) is 20.5 Å². The van der Waals surface area contributed by atoms with E-state index < -0.39 is 5.97 Å². The highest BCUT2D eigenvalue weighted by Gasteiger charge is 2.25. The summed E-state index contributed by atoms with van der Waals surface area (Å²) in [7, 11) is 0. The molecule has 0 aliphatic rings. The number of imidazole rings is 1. The Hall–Kier alpha value is -2.08. The molecule has 0 saturated heterocycles. The van der Waals surface area contributed by atoms with Crippen LogP contribution in [0.2, 0.25) is 0 Å². The van der Waals surface area contributed by atoms with Gasteiger partial charge in [0.25, 0.3) is 0 Å². The van der Waals surface area contributed by atoms with Gasteiger partial charge in [-0.15, -0.1) is 11.3 Å². The summed E-state index contributed by atoms with van der Waals surface area (Å²) in [5, 5.41) is 11.5. The van der Waals surface area contributed by atoms with Crippen LogP contribution in [0.1, 0.15) is 34.2 Å². The number of carbonyl (C=O) groups is 1. The van der Waals surface area contributed by atoms with Crippen molar-refractivity contribution >= 4 is 22.3 Å². The third-order valence-corrected chi connectivity index (χ3v) is 4.33. The molecular formula is C14H14N2O3S. The number of carboxylic acids is 1. The summed E-state index contributed by atoms with van der Waals surface area (Å²) in [6, 6.07) is 0. The fourth-order valence-corrected chi connectivity index (χ4v) is 3.34. The molecule has 0 atom stereocenters. The SMILES string of the molecule is CCc1coc(-c2c(C)nc3scc(C)n23)c1C(=O)O. The third-order valence-electron chi connectivity index (χ3n) is 3.39. The molecule has 0 unspecified atom stereocenters. The summed E-state index contributed by atoms with van der Waals surface area (Å²) in [5.74, 6) is -0.575. The number of fused-ring (bicyclic) bond motifs is 1. The van der Waals surface area contributed by atoms with Gasteiger partial charge in [0.05, 0.1) is 12.0 Å². The summed E-state index contributed by atoms with van der Waals surface area (Å²) in [6.45, 7) is 5.75. The number of aromatic nitrogens is 2. The van der Waals surface area contributed by atoms with Gasteiger partial charge >= 0.3 is 5.97 Å². The summed E-state index contributed by atoms with van der Waals surface area (Å²) < 4.78 is 7.52. The average Bonchev–Trinajstić information content (AvgIpc) is 3.04. The lowest BCUT2D eigenvalue weighted by Gasteiger charge is -2.02. The Morgan fingerprint density at radius 2 is 2.25 bits per heavy atom. The maximum absolute atomic E-state index is 11.5. The number of hydrogen-bond acceptors (Lipinski definition) is 4. The van der Waals surface area contributed by atoms with Gasteiger partial charge in [0.2, 0.25) is 0 Å². The van der Waals surface area contributed by atoms with Crippen LogP contribution >= 0.6 is 11.3 Å². The first-order valence-corrected chi connectivity index (χ1v) is 7.19. The van der Waals surface area contributed by atoms with Crippen LogP contribution in [-0.2, 0) is 6.42 Å². The minimum Gasteiger partial charge on any atom is -0.478 e. The zero-order valence-electron chi connectivity index (χ0n) is 11.4. The Morgan fingerprint density at radius 3 is 2.90 bits per heavy atom. The van der Waals surface area contributed by atoms with E-state index in [1.807, 2.05) is 30.6 Å². The van der Waals surface area contributed by atoms with Crippen LogP contribution in [0.25, 0.3) is 16.4 Å². The molecule has 3 heterocycles. The van der Waals surface area contributed by atoms with Crippen LogP contribution in [0.15, 0.2) is 16.1 Å². The summed E-state index contributed by atoms with van der Waals surface area (Å²) in [4.78, 5) is 16.9. The molecule has 6 heteroatoms. The Labute approximate surface area is 119 Å². The van der Waals surface area contributed by atoms with Crippen LogP contribution in [0, 0.1) is 13.8 Å². The zero-order valence-corrected chi connectivity index (χ0v) is 12.2. The van der Waals surface area contributed by atoms with Gasteiger partial charge in [0.1, 0.15) is 11.3 Å². The van der Waals surface area contributed by atoms with Crippen LogP contribution in [0.4, 0.5) is 0 Å². The summed E-state index contributed by atoms with van der Waals surface area (Å²) in [5.41, 5.74) is 3.47. The van der Waals surface area contributed by atoms with Gasteiger partial charge in [-0.25, -0.2) is 9.78 Å². The van der Waals surface area contributed by atoms with E-state index in [2.05, 4.69) is 4.98 Å². The first kappa shape index (κ1) is 12.9. The van der Waals surface area contributed by atoms with Crippen molar-refractivity contribution in [3.05, 3.63) is 34.2 Å². The Kier molecular flexibility index (Phi) is 2.90. The lowest BCUT2D eigenvalue weighted by molar-refractivity contribution is 0.0696. The quantitative estimate of drug-likeness (QED) is 0.801. The fraction of sp³-hybridized carbons (Fsp3) is 0.286. The van der Waals surface area contributed by atoms with E-state index in [0.29, 0.717) is 17.7 Å². The van der Waals surface area contributed by atoms with Gasteiger partial charge in [0, 0.05) is 16.6 Å². The van der Waals surface area contributed by atoms with Crippen molar-refractivity contribution in [1.29, 1.82) is 0 Å². The fourth-order valence-electron chi connectivity index (χ4n) is 2.43. The predicted molar refractivity (Wildman–Crippen MR) is 76.6 cm³/mol. The summed E-state index contributed by atoms with van der Waals surface area (Å²) >= 11 is 1.53. The lowest BCUT2D eigenvalue weighted by atomic mass is 10.1. The second-order valence-electron chi connectivity index (χ2n) is 4.66. The molecular weight excluding hydrogens is 276 g/mol. The standard InChI is InChI=1S/C14H14N2O3S/c1-4-9-5-19-12(10(9)13(17)18)11-8(3)15-14-16(11)7(2)6-20-14/h5-6H,4H2,1-3H3,(H,17,18). The number of rotatable bonds is 3. The van der Waals surface area contributed by atoms with E-state index in [9.17, 15) is 9.90 Å². The molecule has 5 nitrogen and oxygen atoms in total. The van der Waals surface area contributed by atoms with Crippen molar-refractivity contribution in [2.75, 3.05) is 0 Å². The zero-order chi connectivity index (χ0) is 14.4. The van der Waals surface area contributed by atoms with Crippen molar-refractivity contribution in [1.82, 2.24) is 9.38 Å². The van der Waals surface area contributed by atoms with Gasteiger partial charge in [-0.3, -0.25) is 4.40 Å². The van der Waals surface area contributed by atoms with Crippen molar-refractivity contribution in [2.24, 2.45) is 0 Å². The molecule has 0 bridgehead atoms. The molecule has 0 fully saturated rings. The smallest absolute Gasteiger partial charge is 0.339 e. The summed E-state index contributed by atoms with van der Waals surface area (Å²) in [6.07, 6.45) is 2.15. The normalized spacial score (nSPS) is 11.3. The Balaban J connectivity index is 2.36. The minimum absolute atomic E-state index is 0.239. The van der Waals surface area contributed by atoms with E-state index in [4.69, 9.17) is 4.42 Å². The molecule has 104 valence electrons. The average molecular weight is 290 g/mol. The van der Waals surface area contributed by atoms with Gasteiger partial charge in [-0.1, -0.05) is 6.92 Å². The maximum Gasteiger partial charge on any atom is 0.339 e. The molecule has 20 heavy (non-hydrogen) atoms. The van der Waals surface area contributed by atoms with E-state index in [-0.39, 0.29) is 5.56 Å². The highest BCUT2D eigenvalue weighted by molar-refractivity contribution is 7.15. The molecule has 3 rings (SSSR count). The van der Waals surface area contributed by atoms with Gasteiger partial charge < -0.3 is 9.52 Å². The number of furan rings is 1. The van der Waals surface area contributed by atoms with Crippen molar-refractivity contribution in [2.45, 2.75) is 27.2 Å². The van der Waals surface area contributed by atoms with Crippen LogP contribution in [0.5, 0.6) is 0 Å². The number of nitrogens with zero attached hydrogens (tertiary/aromatic N) is 2. The molecule has 0 aromatic carbocycles. The second kappa shape index (κ2) is 4.49. The van der Waals surface area contributed by atoms with Crippen LogP contribution < -0.4 is 0 Å². The van der Waals surface area contributed by atoms with Gasteiger partial charge in [-0.2, -0.15) is 0 Å². The van der Waals surface area contributed by atoms with Gasteiger partial charge in [0.15, 0.2) is 10.7 Å². The van der Waals surface area contributed by atoms with E-state index in [0.717, 1.165) is 22.0 Å². The molecule has 3 aromatic rings. The molecule has 0 spiro atoms. The van der Waals surface area contributed by atoms with Crippen LogP contribution in [0.3, 0.4) is 0 Å². The molecule has 0 radical (unpaired) electrons. The molecule has 0 aliphatic heterocycles. The number of aryl methyl sites for hydroxylation is 3. The maximum atomic E-state index is 11.5. The highest BCUT2D eigenvalue weighted by atomic mass is 32.1. The van der Waals surface area contributed by atoms with Gasteiger partial charge in [-0.05, 0) is 20.3 Å². The second-order valence-corrected chi connectivity index (χ2v) is 5.50. The highest BCUT2D eigenvalue weighted by Crippen LogP contribution is 2.34. The number of thiazole rings is 1. The largest absolute Gasteiger partial charge is 0.478 e. The van der Waals surface area contributed by atoms with E-state index in [1.54, 1.807) is 0 Å². The third kappa shape index (κ3) is 1.68. The van der Waals surface area contributed by atoms with Crippen molar-refractivity contribution in [3.8, 4) is 11.5 Å². The molecule has 0 saturated carbocycles. The molecule has 0 amide bonds. The number of hydrogen-bond donors (Lipinski definition) is 1. The lowest BCUT2D eigenvalue weighted by Crippen LogP contribution is -2.02. The molecule has 0 aliphatic carbocycles. The Bertz CT molecular complexity index is 810. The minimum atomic E-state index is -0.965. The Morgan fingerprint density at radius 1 is 1.50 bits per heavy atom. The predicted octanol–water partition coefficient (Wildman–Crippen LogP) is 3.53. The molecule has 3 aromatic heterocycles.